The molecule has 0 bridgehead atoms. The van der Waals surface area contributed by atoms with Gasteiger partial charge >= 0.3 is 0 Å². The molecule has 0 aromatic heterocycles. The normalized spacial score (nSPS) is 14.3. The first-order valence-corrected chi connectivity index (χ1v) is 13.6. The molecule has 1 aliphatic heterocycles. The first kappa shape index (κ1) is 23.6. The van der Waals surface area contributed by atoms with Crippen LogP contribution >= 0.6 is 11.8 Å². The van der Waals surface area contributed by atoms with E-state index in [4.69, 9.17) is 0 Å². The Morgan fingerprint density at radius 2 is 1.84 bits per heavy atom. The molecule has 6 nitrogen and oxygen atoms in total. The number of anilines is 1. The van der Waals surface area contributed by atoms with Gasteiger partial charge in [0.15, 0.2) is 0 Å². The van der Waals surface area contributed by atoms with Crippen molar-refractivity contribution in [3.63, 3.8) is 0 Å². The van der Waals surface area contributed by atoms with Crippen molar-refractivity contribution in [3.8, 4) is 0 Å². The number of nitrogens with one attached hydrogen (secondary N) is 2. The third kappa shape index (κ3) is 6.72. The van der Waals surface area contributed by atoms with Gasteiger partial charge in [-0.25, -0.2) is 13.1 Å². The molecule has 3 rings (SSSR count). The highest BCUT2D eigenvalue weighted by molar-refractivity contribution is 7.98. The molecule has 1 heterocycles. The van der Waals surface area contributed by atoms with E-state index in [-0.39, 0.29) is 11.7 Å². The molecule has 1 amide bonds. The molecule has 2 aromatic rings. The first-order chi connectivity index (χ1) is 14.9. The van der Waals surface area contributed by atoms with Crippen LogP contribution in [0.2, 0.25) is 0 Å². The van der Waals surface area contributed by atoms with E-state index in [1.165, 1.54) is 16.8 Å². The molecule has 0 saturated carbocycles. The lowest BCUT2D eigenvalue weighted by atomic mass is 10.1. The monoisotopic (exact) mass is 461 g/mol. The number of thioether (sulfide) groups is 1. The van der Waals surface area contributed by atoms with Crippen molar-refractivity contribution in [3.05, 3.63) is 65.2 Å². The van der Waals surface area contributed by atoms with Crippen LogP contribution in [0.15, 0.2) is 48.5 Å². The number of hydrogen-bond acceptors (Lipinski definition) is 5. The Bertz CT molecular complexity index is 978. The molecule has 0 radical (unpaired) electrons. The standard InChI is InChI=1S/C23H31N3O3S2/c1-3-31(28,29)25-21(13-15-30-2)23(27)24-16-18-8-10-19(11-9-18)17-26-14-12-20-6-4-5-7-22(20)26/h4-11,21,25H,3,12-17H2,1-2H3,(H,24,27). The van der Waals surface area contributed by atoms with Crippen LogP contribution in [0.3, 0.4) is 0 Å². The summed E-state index contributed by atoms with van der Waals surface area (Å²) in [6, 6.07) is 16.0. The molecule has 1 unspecified atom stereocenters. The number of hydrogen-bond donors (Lipinski definition) is 2. The molecule has 1 aliphatic rings. The molecular formula is C23H31N3O3S2. The van der Waals surface area contributed by atoms with Gasteiger partial charge < -0.3 is 10.2 Å². The molecule has 0 saturated heterocycles. The van der Waals surface area contributed by atoms with Gasteiger partial charge in [-0.1, -0.05) is 42.5 Å². The lowest BCUT2D eigenvalue weighted by Gasteiger charge is -2.20. The fourth-order valence-corrected chi connectivity index (χ4v) is 4.94. The van der Waals surface area contributed by atoms with E-state index in [0.29, 0.717) is 18.7 Å². The Morgan fingerprint density at radius 1 is 1.13 bits per heavy atom. The minimum Gasteiger partial charge on any atom is -0.367 e. The van der Waals surface area contributed by atoms with Crippen molar-refractivity contribution in [1.82, 2.24) is 10.0 Å². The number of para-hydroxylation sites is 1. The predicted octanol–water partition coefficient (Wildman–Crippen LogP) is 2.93. The molecule has 31 heavy (non-hydrogen) atoms. The van der Waals surface area contributed by atoms with Gasteiger partial charge in [0.25, 0.3) is 0 Å². The number of sulfonamides is 1. The lowest BCUT2D eigenvalue weighted by Crippen LogP contribution is -2.47. The molecule has 2 N–H and O–H groups in total. The van der Waals surface area contributed by atoms with E-state index in [9.17, 15) is 13.2 Å². The summed E-state index contributed by atoms with van der Waals surface area (Å²) in [5.74, 6) is 0.376. The summed E-state index contributed by atoms with van der Waals surface area (Å²) in [5, 5.41) is 2.87. The van der Waals surface area contributed by atoms with E-state index in [1.807, 2.05) is 18.4 Å². The molecule has 0 fully saturated rings. The van der Waals surface area contributed by atoms with E-state index >= 15 is 0 Å². The molecule has 168 valence electrons. The highest BCUT2D eigenvalue weighted by Crippen LogP contribution is 2.28. The summed E-state index contributed by atoms with van der Waals surface area (Å²) in [7, 11) is -3.44. The van der Waals surface area contributed by atoms with E-state index in [2.05, 4.69) is 51.3 Å². The third-order valence-corrected chi connectivity index (χ3v) is 7.52. The second-order valence-corrected chi connectivity index (χ2v) is 10.7. The third-order valence-electron chi connectivity index (χ3n) is 5.48. The van der Waals surface area contributed by atoms with Gasteiger partial charge in [-0.2, -0.15) is 11.8 Å². The van der Waals surface area contributed by atoms with Crippen molar-refractivity contribution >= 4 is 33.4 Å². The van der Waals surface area contributed by atoms with Gasteiger partial charge in [0.05, 0.1) is 5.75 Å². The zero-order valence-corrected chi connectivity index (χ0v) is 19.8. The largest absolute Gasteiger partial charge is 0.367 e. The summed E-state index contributed by atoms with van der Waals surface area (Å²) >= 11 is 1.59. The topological polar surface area (TPSA) is 78.5 Å². The number of fused-ring (bicyclic) bond motifs is 1. The van der Waals surface area contributed by atoms with Gasteiger partial charge in [0, 0.05) is 25.3 Å². The maximum Gasteiger partial charge on any atom is 0.238 e. The van der Waals surface area contributed by atoms with Crippen molar-refractivity contribution in [1.29, 1.82) is 0 Å². The average Bonchev–Trinajstić information content (AvgIpc) is 3.18. The minimum absolute atomic E-state index is 0.0427. The van der Waals surface area contributed by atoms with Crippen molar-refractivity contribution in [2.24, 2.45) is 0 Å². The van der Waals surface area contributed by atoms with Gasteiger partial charge in [-0.05, 0) is 54.5 Å². The summed E-state index contributed by atoms with van der Waals surface area (Å²) < 4.78 is 26.3. The molecular weight excluding hydrogens is 430 g/mol. The zero-order valence-electron chi connectivity index (χ0n) is 18.1. The van der Waals surface area contributed by atoms with E-state index in [1.54, 1.807) is 18.7 Å². The fraction of sp³-hybridized carbons (Fsp3) is 0.435. The quantitative estimate of drug-likeness (QED) is 0.538. The number of carbonyl (C=O) groups is 1. The van der Waals surface area contributed by atoms with Gasteiger partial charge in [-0.3, -0.25) is 4.79 Å². The summed E-state index contributed by atoms with van der Waals surface area (Å²) in [6.07, 6.45) is 3.48. The van der Waals surface area contributed by atoms with Crippen LogP contribution in [0.5, 0.6) is 0 Å². The molecule has 1 atom stereocenters. The first-order valence-electron chi connectivity index (χ1n) is 10.6. The highest BCUT2D eigenvalue weighted by atomic mass is 32.2. The molecule has 0 aliphatic carbocycles. The summed E-state index contributed by atoms with van der Waals surface area (Å²) in [5.41, 5.74) is 4.92. The SMILES string of the molecule is CCS(=O)(=O)NC(CCSC)C(=O)NCc1ccc(CN2CCc3ccccc32)cc1. The maximum absolute atomic E-state index is 12.6. The molecule has 2 aromatic carbocycles. The van der Waals surface area contributed by atoms with Gasteiger partial charge in [0.1, 0.15) is 6.04 Å². The lowest BCUT2D eigenvalue weighted by molar-refractivity contribution is -0.122. The predicted molar refractivity (Wildman–Crippen MR) is 129 cm³/mol. The van der Waals surface area contributed by atoms with Crippen LogP contribution in [-0.2, 0) is 34.3 Å². The minimum atomic E-state index is -3.44. The van der Waals surface area contributed by atoms with Gasteiger partial charge in [0.2, 0.25) is 15.9 Å². The van der Waals surface area contributed by atoms with Crippen LogP contribution in [-0.4, -0.2) is 44.7 Å². The number of benzene rings is 2. The Hall–Kier alpha value is -2.03. The number of amides is 1. The fourth-order valence-electron chi connectivity index (χ4n) is 3.65. The van der Waals surface area contributed by atoms with E-state index in [0.717, 1.165) is 25.1 Å². The number of rotatable bonds is 11. The molecule has 0 spiro atoms. The Kier molecular flexibility index (Phi) is 8.40. The second-order valence-electron chi connectivity index (χ2n) is 7.69. The highest BCUT2D eigenvalue weighted by Gasteiger charge is 2.23. The summed E-state index contributed by atoms with van der Waals surface area (Å²) in [4.78, 5) is 15.0. The maximum atomic E-state index is 12.6. The number of nitrogens with zero attached hydrogens (tertiary/aromatic N) is 1. The van der Waals surface area contributed by atoms with Crippen LogP contribution in [0.25, 0.3) is 0 Å². The second kappa shape index (κ2) is 11.0. The van der Waals surface area contributed by atoms with Crippen LogP contribution in [0.1, 0.15) is 30.0 Å². The smallest absolute Gasteiger partial charge is 0.238 e. The van der Waals surface area contributed by atoms with Crippen molar-refractivity contribution < 1.29 is 13.2 Å². The van der Waals surface area contributed by atoms with Crippen LogP contribution in [0, 0.1) is 0 Å². The Morgan fingerprint density at radius 3 is 2.55 bits per heavy atom. The van der Waals surface area contributed by atoms with Gasteiger partial charge in [-0.15, -0.1) is 0 Å². The number of carbonyl (C=O) groups excluding carboxylic acids is 1. The summed E-state index contributed by atoms with van der Waals surface area (Å²) in [6.45, 7) is 3.82. The van der Waals surface area contributed by atoms with Crippen molar-refractivity contribution in [2.45, 2.75) is 38.9 Å². The average molecular weight is 462 g/mol. The van der Waals surface area contributed by atoms with Crippen LogP contribution < -0.4 is 14.9 Å². The van der Waals surface area contributed by atoms with Crippen LogP contribution in [0.4, 0.5) is 5.69 Å². The molecule has 8 heteroatoms. The zero-order chi connectivity index (χ0) is 22.3. The van der Waals surface area contributed by atoms with Crippen molar-refractivity contribution in [2.75, 3.05) is 29.2 Å². The Labute approximate surface area is 189 Å². The van der Waals surface area contributed by atoms with E-state index < -0.39 is 16.1 Å². The Balaban J connectivity index is 1.55.